The molecule has 0 aliphatic carbocycles. The first-order valence-corrected chi connectivity index (χ1v) is 9.13. The Kier molecular flexibility index (Phi) is 5.94. The summed E-state index contributed by atoms with van der Waals surface area (Å²) >= 11 is 6.23. The molecule has 2 aromatic rings. The van der Waals surface area contributed by atoms with Gasteiger partial charge in [-0.15, -0.1) is 0 Å². The van der Waals surface area contributed by atoms with Crippen LogP contribution < -0.4 is 14.4 Å². The van der Waals surface area contributed by atoms with Crippen molar-refractivity contribution in [3.8, 4) is 11.5 Å². The van der Waals surface area contributed by atoms with Gasteiger partial charge in [-0.2, -0.15) is 0 Å². The van der Waals surface area contributed by atoms with Gasteiger partial charge in [-0.1, -0.05) is 29.8 Å². The van der Waals surface area contributed by atoms with Gasteiger partial charge in [0.1, 0.15) is 11.5 Å². The van der Waals surface area contributed by atoms with Crippen LogP contribution in [0.25, 0.3) is 6.08 Å². The summed E-state index contributed by atoms with van der Waals surface area (Å²) in [6.45, 7) is 1.69. The lowest BCUT2D eigenvalue weighted by Gasteiger charge is -2.19. The molecule has 3 rings (SSSR count). The fourth-order valence-corrected chi connectivity index (χ4v) is 3.48. The maximum atomic E-state index is 13.3. The normalized spacial score (nSPS) is 15.1. The molecule has 0 saturated heterocycles. The molecule has 0 bridgehead atoms. The number of nitrogens with zero attached hydrogens (tertiary/aromatic N) is 1. The van der Waals surface area contributed by atoms with Crippen molar-refractivity contribution < 1.29 is 23.8 Å². The molecule has 2 aromatic carbocycles. The summed E-state index contributed by atoms with van der Waals surface area (Å²) < 4.78 is 15.5. The van der Waals surface area contributed by atoms with Crippen molar-refractivity contribution in [1.29, 1.82) is 0 Å². The van der Waals surface area contributed by atoms with Crippen molar-refractivity contribution in [3.63, 3.8) is 0 Å². The van der Waals surface area contributed by atoms with Crippen molar-refractivity contribution in [2.24, 2.45) is 0 Å². The van der Waals surface area contributed by atoms with Crippen LogP contribution in [0.1, 0.15) is 12.5 Å². The number of methoxy groups -OCH3 is 3. The zero-order valence-electron chi connectivity index (χ0n) is 16.5. The van der Waals surface area contributed by atoms with Crippen LogP contribution in [-0.2, 0) is 14.3 Å². The number of carbonyl (C=O) groups is 2. The number of para-hydroxylation sites is 1. The molecule has 0 saturated carbocycles. The number of anilines is 1. The van der Waals surface area contributed by atoms with Crippen LogP contribution in [0.15, 0.2) is 59.3 Å². The molecule has 0 radical (unpaired) electrons. The zero-order chi connectivity index (χ0) is 21.1. The average molecular weight is 414 g/mol. The van der Waals surface area contributed by atoms with E-state index in [4.69, 9.17) is 25.8 Å². The smallest absolute Gasteiger partial charge is 0.340 e. The van der Waals surface area contributed by atoms with Crippen molar-refractivity contribution in [3.05, 3.63) is 69.9 Å². The number of amides is 1. The van der Waals surface area contributed by atoms with Crippen molar-refractivity contribution >= 4 is 35.2 Å². The molecule has 150 valence electrons. The molecule has 0 unspecified atom stereocenters. The lowest BCUT2D eigenvalue weighted by Crippen LogP contribution is -2.24. The molecule has 0 fully saturated rings. The predicted octanol–water partition coefficient (Wildman–Crippen LogP) is 4.23. The second-order valence-electron chi connectivity index (χ2n) is 6.21. The molecule has 29 heavy (non-hydrogen) atoms. The van der Waals surface area contributed by atoms with Gasteiger partial charge in [0, 0.05) is 11.3 Å². The van der Waals surface area contributed by atoms with Gasteiger partial charge < -0.3 is 14.2 Å². The molecule has 1 amide bonds. The molecular formula is C22H20ClNO5. The third kappa shape index (κ3) is 3.71. The molecule has 0 atom stereocenters. The van der Waals surface area contributed by atoms with Gasteiger partial charge in [-0.05, 0) is 37.3 Å². The first kappa shape index (κ1) is 20.5. The number of allylic oxidation sites excluding steroid dienone is 1. The SMILES string of the molecule is COC(=O)C1=C(C)N(c2ccc(OC)c(Cl)c2)C(=O)C1=Cc1ccccc1OC. The van der Waals surface area contributed by atoms with Crippen LogP contribution in [0.4, 0.5) is 5.69 Å². The summed E-state index contributed by atoms with van der Waals surface area (Å²) in [5.41, 5.74) is 2.04. The van der Waals surface area contributed by atoms with Crippen LogP contribution in [0.5, 0.6) is 11.5 Å². The molecule has 0 spiro atoms. The summed E-state index contributed by atoms with van der Waals surface area (Å²) in [4.78, 5) is 27.2. The van der Waals surface area contributed by atoms with E-state index in [1.54, 1.807) is 50.4 Å². The van der Waals surface area contributed by atoms with Crippen molar-refractivity contribution in [2.75, 3.05) is 26.2 Å². The Hall–Kier alpha value is -3.25. The maximum absolute atomic E-state index is 13.3. The Morgan fingerprint density at radius 1 is 1.03 bits per heavy atom. The quantitative estimate of drug-likeness (QED) is 0.542. The number of benzene rings is 2. The highest BCUT2D eigenvalue weighted by Gasteiger charge is 2.38. The average Bonchev–Trinajstić information content (AvgIpc) is 2.97. The minimum absolute atomic E-state index is 0.190. The van der Waals surface area contributed by atoms with E-state index in [9.17, 15) is 9.59 Å². The number of rotatable bonds is 5. The Bertz CT molecular complexity index is 1040. The summed E-state index contributed by atoms with van der Waals surface area (Å²) in [6.07, 6.45) is 1.63. The number of hydrogen-bond donors (Lipinski definition) is 0. The second kappa shape index (κ2) is 8.41. The molecule has 0 aromatic heterocycles. The fraction of sp³-hybridized carbons (Fsp3) is 0.182. The van der Waals surface area contributed by atoms with E-state index < -0.39 is 5.97 Å². The Labute approximate surface area is 173 Å². The van der Waals surface area contributed by atoms with Gasteiger partial charge in [0.05, 0.1) is 43.2 Å². The molecule has 0 N–H and O–H groups in total. The van der Waals surface area contributed by atoms with Crippen LogP contribution in [0.2, 0.25) is 5.02 Å². The highest BCUT2D eigenvalue weighted by atomic mass is 35.5. The van der Waals surface area contributed by atoms with Crippen LogP contribution >= 0.6 is 11.6 Å². The van der Waals surface area contributed by atoms with E-state index in [0.717, 1.165) is 0 Å². The third-order valence-corrected chi connectivity index (χ3v) is 4.92. The molecule has 7 heteroatoms. The van der Waals surface area contributed by atoms with Gasteiger partial charge in [0.25, 0.3) is 5.91 Å². The Morgan fingerprint density at radius 2 is 1.72 bits per heavy atom. The molecule has 6 nitrogen and oxygen atoms in total. The summed E-state index contributed by atoms with van der Waals surface area (Å²) in [6, 6.07) is 12.2. The maximum Gasteiger partial charge on any atom is 0.340 e. The highest BCUT2D eigenvalue weighted by molar-refractivity contribution is 6.32. The van der Waals surface area contributed by atoms with Crippen molar-refractivity contribution in [1.82, 2.24) is 0 Å². The summed E-state index contributed by atoms with van der Waals surface area (Å²) in [5, 5.41) is 0.354. The second-order valence-corrected chi connectivity index (χ2v) is 6.62. The molecule has 1 aliphatic heterocycles. The van der Waals surface area contributed by atoms with E-state index in [1.807, 2.05) is 12.1 Å². The third-order valence-electron chi connectivity index (χ3n) is 4.62. The Morgan fingerprint density at radius 3 is 2.34 bits per heavy atom. The lowest BCUT2D eigenvalue weighted by molar-refractivity contribution is -0.136. The zero-order valence-corrected chi connectivity index (χ0v) is 17.2. The van der Waals surface area contributed by atoms with Crippen LogP contribution in [0.3, 0.4) is 0 Å². The van der Waals surface area contributed by atoms with Crippen molar-refractivity contribution in [2.45, 2.75) is 6.92 Å². The number of ether oxygens (including phenoxy) is 3. The van der Waals surface area contributed by atoms with Gasteiger partial charge in [-0.3, -0.25) is 9.69 Å². The van der Waals surface area contributed by atoms with Gasteiger partial charge in [0.2, 0.25) is 0 Å². The predicted molar refractivity (Wildman–Crippen MR) is 111 cm³/mol. The number of halogens is 1. The first-order chi connectivity index (χ1) is 13.9. The number of carbonyl (C=O) groups excluding carboxylic acids is 2. The molecular weight excluding hydrogens is 394 g/mol. The monoisotopic (exact) mass is 413 g/mol. The molecule has 1 heterocycles. The number of esters is 1. The fourth-order valence-electron chi connectivity index (χ4n) is 3.23. The first-order valence-electron chi connectivity index (χ1n) is 8.75. The van der Waals surface area contributed by atoms with E-state index in [-0.39, 0.29) is 17.1 Å². The standard InChI is InChI=1S/C22H20ClNO5/c1-13-20(22(26)29-4)16(11-14-7-5-6-8-18(14)27-2)21(25)24(13)15-9-10-19(28-3)17(23)12-15/h5-12H,1-4H3. The molecule has 1 aliphatic rings. The largest absolute Gasteiger partial charge is 0.496 e. The van der Waals surface area contributed by atoms with Crippen LogP contribution in [0, 0.1) is 0 Å². The van der Waals surface area contributed by atoms with E-state index >= 15 is 0 Å². The number of hydrogen-bond acceptors (Lipinski definition) is 5. The van der Waals surface area contributed by atoms with E-state index in [0.29, 0.717) is 33.5 Å². The van der Waals surface area contributed by atoms with Crippen LogP contribution in [-0.4, -0.2) is 33.2 Å². The van der Waals surface area contributed by atoms with Gasteiger partial charge in [-0.25, -0.2) is 4.79 Å². The topological polar surface area (TPSA) is 65.1 Å². The minimum Gasteiger partial charge on any atom is -0.496 e. The summed E-state index contributed by atoms with van der Waals surface area (Å²) in [5.74, 6) is 0.108. The van der Waals surface area contributed by atoms with Gasteiger partial charge in [0.15, 0.2) is 0 Å². The Balaban J connectivity index is 2.16. The van der Waals surface area contributed by atoms with E-state index in [2.05, 4.69) is 0 Å². The lowest BCUT2D eigenvalue weighted by atomic mass is 10.0. The van der Waals surface area contributed by atoms with E-state index in [1.165, 1.54) is 19.1 Å². The van der Waals surface area contributed by atoms with Gasteiger partial charge >= 0.3 is 5.97 Å². The highest BCUT2D eigenvalue weighted by Crippen LogP contribution is 2.38. The minimum atomic E-state index is -0.598. The summed E-state index contributed by atoms with van der Waals surface area (Å²) in [7, 11) is 4.33.